The SMILES string of the molecule is CCc1nc(-c2ccc(C(=O)NCC(=O)Nc3cccc(Br)c3)cc2)no1. The Morgan fingerprint density at radius 2 is 1.93 bits per heavy atom. The fraction of sp³-hybridized carbons (Fsp3) is 0.158. The number of aromatic nitrogens is 2. The minimum atomic E-state index is -0.340. The van der Waals surface area contributed by atoms with Gasteiger partial charge < -0.3 is 15.2 Å². The lowest BCUT2D eigenvalue weighted by atomic mass is 10.1. The standard InChI is InChI=1S/C19H17BrN4O3/c1-2-17-23-18(24-27-17)12-6-8-13(9-7-12)19(26)21-11-16(25)22-15-5-3-4-14(20)10-15/h3-10H,2,11H2,1H3,(H,21,26)(H,22,25). The first-order chi connectivity index (χ1) is 13.0. The molecule has 0 unspecified atom stereocenters. The number of rotatable bonds is 6. The van der Waals surface area contributed by atoms with Crippen LogP contribution in [0, 0.1) is 0 Å². The Labute approximate surface area is 164 Å². The zero-order valence-electron chi connectivity index (χ0n) is 14.5. The summed E-state index contributed by atoms with van der Waals surface area (Å²) in [6, 6.07) is 14.0. The van der Waals surface area contributed by atoms with Gasteiger partial charge >= 0.3 is 0 Å². The fourth-order valence-corrected chi connectivity index (χ4v) is 2.72. The van der Waals surface area contributed by atoms with E-state index in [1.54, 1.807) is 36.4 Å². The number of carbonyl (C=O) groups excluding carboxylic acids is 2. The van der Waals surface area contributed by atoms with Crippen LogP contribution in [-0.2, 0) is 11.2 Å². The van der Waals surface area contributed by atoms with E-state index in [0.717, 1.165) is 10.0 Å². The minimum Gasteiger partial charge on any atom is -0.343 e. The van der Waals surface area contributed by atoms with Crippen LogP contribution >= 0.6 is 15.9 Å². The maximum absolute atomic E-state index is 12.2. The molecule has 0 atom stereocenters. The largest absolute Gasteiger partial charge is 0.343 e. The van der Waals surface area contributed by atoms with Crippen LogP contribution in [0.1, 0.15) is 23.2 Å². The molecule has 3 rings (SSSR count). The Kier molecular flexibility index (Phi) is 5.97. The van der Waals surface area contributed by atoms with Crippen molar-refractivity contribution in [2.75, 3.05) is 11.9 Å². The first-order valence-corrected chi connectivity index (χ1v) is 9.11. The number of halogens is 1. The fourth-order valence-electron chi connectivity index (χ4n) is 2.32. The molecule has 0 bridgehead atoms. The number of nitrogens with one attached hydrogen (secondary N) is 2. The number of amides is 2. The molecule has 27 heavy (non-hydrogen) atoms. The third-order valence-corrected chi connectivity index (χ3v) is 4.19. The summed E-state index contributed by atoms with van der Waals surface area (Å²) in [6.45, 7) is 1.80. The zero-order valence-corrected chi connectivity index (χ0v) is 16.1. The molecule has 2 aromatic carbocycles. The monoisotopic (exact) mass is 428 g/mol. The molecular formula is C19H17BrN4O3. The highest BCUT2D eigenvalue weighted by molar-refractivity contribution is 9.10. The van der Waals surface area contributed by atoms with Crippen LogP contribution in [0.25, 0.3) is 11.4 Å². The summed E-state index contributed by atoms with van der Waals surface area (Å²) in [6.07, 6.45) is 0.662. The first kappa shape index (κ1) is 18.8. The Morgan fingerprint density at radius 3 is 2.59 bits per heavy atom. The number of hydrogen-bond donors (Lipinski definition) is 2. The van der Waals surface area contributed by atoms with Crippen LogP contribution in [0.5, 0.6) is 0 Å². The number of nitrogens with zero attached hydrogens (tertiary/aromatic N) is 2. The first-order valence-electron chi connectivity index (χ1n) is 8.32. The number of hydrogen-bond acceptors (Lipinski definition) is 5. The number of carbonyl (C=O) groups is 2. The molecule has 3 aromatic rings. The van der Waals surface area contributed by atoms with Crippen LogP contribution < -0.4 is 10.6 Å². The molecule has 0 radical (unpaired) electrons. The van der Waals surface area contributed by atoms with Crippen molar-refractivity contribution in [3.8, 4) is 11.4 Å². The van der Waals surface area contributed by atoms with Crippen LogP contribution in [0.3, 0.4) is 0 Å². The van der Waals surface area contributed by atoms with Crippen molar-refractivity contribution < 1.29 is 14.1 Å². The van der Waals surface area contributed by atoms with Crippen LogP contribution in [0.4, 0.5) is 5.69 Å². The third-order valence-electron chi connectivity index (χ3n) is 3.69. The summed E-state index contributed by atoms with van der Waals surface area (Å²) < 4.78 is 5.94. The van der Waals surface area contributed by atoms with Gasteiger partial charge in [-0.1, -0.05) is 46.2 Å². The summed E-state index contributed by atoms with van der Waals surface area (Å²) in [5.74, 6) is 0.390. The van der Waals surface area contributed by atoms with E-state index < -0.39 is 0 Å². The van der Waals surface area contributed by atoms with E-state index in [0.29, 0.717) is 29.4 Å². The van der Waals surface area contributed by atoms with Crippen molar-refractivity contribution in [2.24, 2.45) is 0 Å². The van der Waals surface area contributed by atoms with Gasteiger partial charge in [0.1, 0.15) is 0 Å². The Bertz CT molecular complexity index is 954. The number of aryl methyl sites for hydroxylation is 1. The highest BCUT2D eigenvalue weighted by Crippen LogP contribution is 2.17. The molecule has 0 aliphatic heterocycles. The van der Waals surface area contributed by atoms with E-state index >= 15 is 0 Å². The molecule has 0 aliphatic rings. The van der Waals surface area contributed by atoms with E-state index in [9.17, 15) is 9.59 Å². The van der Waals surface area contributed by atoms with Gasteiger partial charge in [0.2, 0.25) is 17.6 Å². The van der Waals surface area contributed by atoms with E-state index in [1.165, 1.54) is 0 Å². The summed E-state index contributed by atoms with van der Waals surface area (Å²) in [5, 5.41) is 9.21. The Morgan fingerprint density at radius 1 is 1.15 bits per heavy atom. The normalized spacial score (nSPS) is 10.4. The van der Waals surface area contributed by atoms with Crippen molar-refractivity contribution in [1.29, 1.82) is 0 Å². The lowest BCUT2D eigenvalue weighted by Crippen LogP contribution is -2.32. The lowest BCUT2D eigenvalue weighted by Gasteiger charge is -2.07. The average Bonchev–Trinajstić information content (AvgIpc) is 3.15. The molecule has 0 spiro atoms. The van der Waals surface area contributed by atoms with E-state index in [-0.39, 0.29) is 18.4 Å². The molecule has 1 heterocycles. The van der Waals surface area contributed by atoms with Gasteiger partial charge in [-0.3, -0.25) is 9.59 Å². The van der Waals surface area contributed by atoms with Gasteiger partial charge in [-0.05, 0) is 30.3 Å². The second-order valence-corrected chi connectivity index (χ2v) is 6.60. The maximum Gasteiger partial charge on any atom is 0.251 e. The molecular weight excluding hydrogens is 412 g/mol. The topological polar surface area (TPSA) is 97.1 Å². The molecule has 0 saturated carbocycles. The van der Waals surface area contributed by atoms with Gasteiger partial charge in [0.15, 0.2) is 0 Å². The van der Waals surface area contributed by atoms with Crippen LogP contribution in [-0.4, -0.2) is 28.5 Å². The second kappa shape index (κ2) is 8.59. The molecule has 8 heteroatoms. The van der Waals surface area contributed by atoms with Crippen molar-refractivity contribution in [2.45, 2.75) is 13.3 Å². The predicted octanol–water partition coefficient (Wildman–Crippen LogP) is 3.43. The van der Waals surface area contributed by atoms with Crippen molar-refractivity contribution in [1.82, 2.24) is 15.5 Å². The molecule has 0 saturated heterocycles. The van der Waals surface area contributed by atoms with E-state index in [2.05, 4.69) is 36.7 Å². The Hall–Kier alpha value is -3.00. The number of anilines is 1. The molecule has 7 nitrogen and oxygen atoms in total. The van der Waals surface area contributed by atoms with Gasteiger partial charge in [0, 0.05) is 27.7 Å². The molecule has 138 valence electrons. The van der Waals surface area contributed by atoms with E-state index in [4.69, 9.17) is 4.52 Å². The smallest absolute Gasteiger partial charge is 0.251 e. The lowest BCUT2D eigenvalue weighted by molar-refractivity contribution is -0.115. The summed E-state index contributed by atoms with van der Waals surface area (Å²) >= 11 is 3.34. The van der Waals surface area contributed by atoms with E-state index in [1.807, 2.05) is 19.1 Å². The van der Waals surface area contributed by atoms with Gasteiger partial charge in [-0.2, -0.15) is 4.98 Å². The van der Waals surface area contributed by atoms with Crippen molar-refractivity contribution in [3.05, 3.63) is 64.5 Å². The van der Waals surface area contributed by atoms with Crippen molar-refractivity contribution >= 4 is 33.4 Å². The van der Waals surface area contributed by atoms with Gasteiger partial charge in [0.25, 0.3) is 5.91 Å². The minimum absolute atomic E-state index is 0.127. The molecule has 0 aliphatic carbocycles. The average molecular weight is 429 g/mol. The van der Waals surface area contributed by atoms with Crippen LogP contribution in [0.15, 0.2) is 57.5 Å². The van der Waals surface area contributed by atoms with Crippen LogP contribution in [0.2, 0.25) is 0 Å². The van der Waals surface area contributed by atoms with Gasteiger partial charge in [0.05, 0.1) is 6.54 Å². The highest BCUT2D eigenvalue weighted by atomic mass is 79.9. The summed E-state index contributed by atoms with van der Waals surface area (Å²) in [5.41, 5.74) is 1.84. The van der Waals surface area contributed by atoms with Gasteiger partial charge in [-0.15, -0.1) is 0 Å². The third kappa shape index (κ3) is 5.01. The maximum atomic E-state index is 12.2. The quantitative estimate of drug-likeness (QED) is 0.626. The summed E-state index contributed by atoms with van der Waals surface area (Å²) in [7, 11) is 0. The summed E-state index contributed by atoms with van der Waals surface area (Å²) in [4.78, 5) is 28.4. The Balaban J connectivity index is 1.55. The second-order valence-electron chi connectivity index (χ2n) is 5.68. The molecule has 2 amide bonds. The molecule has 0 fully saturated rings. The zero-order chi connectivity index (χ0) is 19.2. The van der Waals surface area contributed by atoms with Gasteiger partial charge in [-0.25, -0.2) is 0 Å². The predicted molar refractivity (Wildman–Crippen MR) is 104 cm³/mol. The molecule has 1 aromatic heterocycles. The van der Waals surface area contributed by atoms with Crippen molar-refractivity contribution in [3.63, 3.8) is 0 Å². The highest BCUT2D eigenvalue weighted by Gasteiger charge is 2.11. The molecule has 2 N–H and O–H groups in total. The number of benzene rings is 2.